The van der Waals surface area contributed by atoms with E-state index in [-0.39, 0.29) is 0 Å². The number of halogens is 1. The number of nitrogens with zero attached hydrogens (tertiary/aromatic N) is 4. The Morgan fingerprint density at radius 3 is 2.82 bits per heavy atom. The number of anilines is 1. The van der Waals surface area contributed by atoms with E-state index in [1.165, 1.54) is 24.9 Å². The number of carbonyl (C=O) groups is 1. The molecule has 1 aliphatic rings. The lowest BCUT2D eigenvalue weighted by molar-refractivity contribution is -0.105. The predicted molar refractivity (Wildman–Crippen MR) is 109 cm³/mol. The van der Waals surface area contributed by atoms with Gasteiger partial charge in [0.15, 0.2) is 6.19 Å². The Balaban J connectivity index is 0.000000209. The summed E-state index contributed by atoms with van der Waals surface area (Å²) in [5, 5.41) is 11.7. The van der Waals surface area contributed by atoms with E-state index in [1.807, 2.05) is 12.3 Å². The number of amides is 1. The van der Waals surface area contributed by atoms with Crippen molar-refractivity contribution in [2.75, 3.05) is 25.5 Å². The number of carbonyl (C=O) groups excluding carboxylic acids is 1. The molecule has 2 aromatic rings. The third-order valence-electron chi connectivity index (χ3n) is 4.10. The minimum absolute atomic E-state index is 0.409. The zero-order valence-electron chi connectivity index (χ0n) is 15.9. The molecule has 0 radical (unpaired) electrons. The first-order chi connectivity index (χ1) is 13.6. The van der Waals surface area contributed by atoms with Gasteiger partial charge in [0, 0.05) is 18.8 Å². The summed E-state index contributed by atoms with van der Waals surface area (Å²) in [4.78, 5) is 20.1. The monoisotopic (exact) mass is 399 g/mol. The number of ether oxygens (including phenoxy) is 1. The first kappa shape index (κ1) is 21.2. The van der Waals surface area contributed by atoms with Crippen molar-refractivity contribution in [3.63, 3.8) is 0 Å². The van der Waals surface area contributed by atoms with Crippen molar-refractivity contribution in [2.24, 2.45) is 0 Å². The average Bonchev–Trinajstić information content (AvgIpc) is 2.76. The molecule has 2 aromatic heterocycles. The third kappa shape index (κ3) is 5.96. The number of hydrogen-bond donors (Lipinski definition) is 1. The summed E-state index contributed by atoms with van der Waals surface area (Å²) in [6.07, 6.45) is 10.2. The van der Waals surface area contributed by atoms with Crippen LogP contribution in [0.15, 0.2) is 36.7 Å². The molecule has 0 aromatic carbocycles. The molecular formula is C20H22ClN5O2. The van der Waals surface area contributed by atoms with Gasteiger partial charge in [-0.3, -0.25) is 9.78 Å². The fourth-order valence-electron chi connectivity index (χ4n) is 2.55. The molecular weight excluding hydrogens is 378 g/mol. The number of nitriles is 1. The maximum Gasteiger partial charge on any atom is 0.212 e. The smallest absolute Gasteiger partial charge is 0.212 e. The summed E-state index contributed by atoms with van der Waals surface area (Å²) in [5.74, 6) is 0.891. The second-order valence-electron chi connectivity index (χ2n) is 5.91. The maximum absolute atomic E-state index is 10.0. The van der Waals surface area contributed by atoms with Gasteiger partial charge >= 0.3 is 0 Å². The molecule has 0 bridgehead atoms. The molecule has 0 atom stereocenters. The number of rotatable bonds is 5. The molecule has 0 fully saturated rings. The SMILES string of the molecule is CCc1ccc(C2=CCCN(C#N)C2)nc1.COc1cc(NC=O)ncc1Cl. The van der Waals surface area contributed by atoms with Crippen LogP contribution in [-0.2, 0) is 11.2 Å². The standard InChI is InChI=1S/C13H15N3.C7H7ClN2O2/c1-2-11-5-6-13(15-8-11)12-4-3-7-16(9-12)10-14;1-12-6-2-7(10-4-11)9-3-5(6)8/h4-6,8H,2-3,7,9H2,1H3;2-4H,1H3,(H,9,10,11). The molecule has 1 N–H and O–H groups in total. The van der Waals surface area contributed by atoms with Gasteiger partial charge in [0.1, 0.15) is 16.6 Å². The minimum atomic E-state index is 0.409. The van der Waals surface area contributed by atoms with Crippen LogP contribution < -0.4 is 10.1 Å². The Kier molecular flexibility index (Phi) is 8.25. The summed E-state index contributed by atoms with van der Waals surface area (Å²) < 4.78 is 4.90. The predicted octanol–water partition coefficient (Wildman–Crippen LogP) is 3.53. The van der Waals surface area contributed by atoms with Crippen LogP contribution in [0.2, 0.25) is 5.02 Å². The van der Waals surface area contributed by atoms with Crippen LogP contribution in [0, 0.1) is 11.5 Å². The van der Waals surface area contributed by atoms with Crippen LogP contribution in [0.1, 0.15) is 24.6 Å². The lowest BCUT2D eigenvalue weighted by Gasteiger charge is -2.21. The summed E-state index contributed by atoms with van der Waals surface area (Å²) >= 11 is 5.69. The molecule has 3 heterocycles. The molecule has 0 saturated heterocycles. The second-order valence-corrected chi connectivity index (χ2v) is 6.32. The van der Waals surface area contributed by atoms with E-state index in [2.05, 4.69) is 40.5 Å². The second kappa shape index (κ2) is 10.9. The number of nitrogens with one attached hydrogen (secondary N) is 1. The van der Waals surface area contributed by atoms with E-state index in [9.17, 15) is 4.79 Å². The Bertz CT molecular complexity index is 862. The Morgan fingerprint density at radius 1 is 1.39 bits per heavy atom. The molecule has 8 heteroatoms. The van der Waals surface area contributed by atoms with Gasteiger partial charge in [-0.15, -0.1) is 0 Å². The van der Waals surface area contributed by atoms with Crippen LogP contribution in [0.5, 0.6) is 5.75 Å². The molecule has 3 rings (SSSR count). The summed E-state index contributed by atoms with van der Waals surface area (Å²) in [6.45, 7) is 3.63. The molecule has 1 amide bonds. The lowest BCUT2D eigenvalue weighted by atomic mass is 10.1. The van der Waals surface area contributed by atoms with Crippen molar-refractivity contribution in [1.29, 1.82) is 5.26 Å². The molecule has 0 saturated carbocycles. The molecule has 146 valence electrons. The topological polar surface area (TPSA) is 91.1 Å². The highest BCUT2D eigenvalue weighted by atomic mass is 35.5. The quantitative estimate of drug-likeness (QED) is 0.611. The van der Waals surface area contributed by atoms with E-state index in [1.54, 1.807) is 4.90 Å². The van der Waals surface area contributed by atoms with Crippen molar-refractivity contribution >= 4 is 29.4 Å². The highest BCUT2D eigenvalue weighted by Crippen LogP contribution is 2.24. The van der Waals surface area contributed by atoms with Crippen LogP contribution >= 0.6 is 11.6 Å². The zero-order valence-corrected chi connectivity index (χ0v) is 16.6. The summed E-state index contributed by atoms with van der Waals surface area (Å²) in [7, 11) is 1.49. The molecule has 28 heavy (non-hydrogen) atoms. The lowest BCUT2D eigenvalue weighted by Crippen LogP contribution is -2.24. The van der Waals surface area contributed by atoms with Gasteiger partial charge < -0.3 is 15.0 Å². The highest BCUT2D eigenvalue weighted by Gasteiger charge is 2.12. The third-order valence-corrected chi connectivity index (χ3v) is 4.39. The average molecular weight is 400 g/mol. The fraction of sp³-hybridized carbons (Fsp3) is 0.300. The molecule has 0 spiro atoms. The van der Waals surface area contributed by atoms with Gasteiger partial charge in [-0.05, 0) is 30.0 Å². The summed E-state index contributed by atoms with van der Waals surface area (Å²) in [6, 6.07) is 5.69. The minimum Gasteiger partial charge on any atom is -0.495 e. The largest absolute Gasteiger partial charge is 0.495 e. The van der Waals surface area contributed by atoms with Crippen molar-refractivity contribution in [2.45, 2.75) is 19.8 Å². The molecule has 7 nitrogen and oxygen atoms in total. The van der Waals surface area contributed by atoms with Gasteiger partial charge in [0.25, 0.3) is 0 Å². The van der Waals surface area contributed by atoms with Crippen LogP contribution in [-0.4, -0.2) is 41.5 Å². The Labute approximate surface area is 169 Å². The van der Waals surface area contributed by atoms with Gasteiger partial charge in [-0.1, -0.05) is 30.7 Å². The van der Waals surface area contributed by atoms with Gasteiger partial charge in [-0.2, -0.15) is 5.26 Å². The molecule has 1 aliphatic heterocycles. The summed E-state index contributed by atoms with van der Waals surface area (Å²) in [5.41, 5.74) is 3.41. The number of aromatic nitrogens is 2. The number of aryl methyl sites for hydroxylation is 1. The highest BCUT2D eigenvalue weighted by molar-refractivity contribution is 6.32. The Morgan fingerprint density at radius 2 is 2.21 bits per heavy atom. The van der Waals surface area contributed by atoms with Gasteiger partial charge in [0.2, 0.25) is 6.41 Å². The first-order valence-electron chi connectivity index (χ1n) is 8.80. The van der Waals surface area contributed by atoms with Crippen LogP contribution in [0.4, 0.5) is 5.82 Å². The molecule has 0 unspecified atom stereocenters. The normalized spacial score (nSPS) is 12.8. The fourth-order valence-corrected chi connectivity index (χ4v) is 2.73. The number of hydrogen-bond acceptors (Lipinski definition) is 6. The van der Waals surface area contributed by atoms with E-state index in [0.29, 0.717) is 29.5 Å². The van der Waals surface area contributed by atoms with Crippen LogP contribution in [0.25, 0.3) is 5.57 Å². The van der Waals surface area contributed by atoms with Crippen molar-refractivity contribution < 1.29 is 9.53 Å². The van der Waals surface area contributed by atoms with E-state index in [4.69, 9.17) is 21.6 Å². The number of pyridine rings is 2. The van der Waals surface area contributed by atoms with Crippen molar-refractivity contribution in [3.8, 4) is 11.9 Å². The van der Waals surface area contributed by atoms with E-state index < -0.39 is 0 Å². The van der Waals surface area contributed by atoms with E-state index in [0.717, 1.165) is 30.7 Å². The van der Waals surface area contributed by atoms with E-state index >= 15 is 0 Å². The molecule has 0 aliphatic carbocycles. The number of methoxy groups -OCH3 is 1. The maximum atomic E-state index is 10.0. The van der Waals surface area contributed by atoms with Gasteiger partial charge in [-0.25, -0.2) is 4.98 Å². The zero-order chi connectivity index (χ0) is 20.4. The van der Waals surface area contributed by atoms with Crippen molar-refractivity contribution in [3.05, 3.63) is 52.9 Å². The van der Waals surface area contributed by atoms with Crippen molar-refractivity contribution in [1.82, 2.24) is 14.9 Å². The van der Waals surface area contributed by atoms with Gasteiger partial charge in [0.05, 0.1) is 25.5 Å². The van der Waals surface area contributed by atoms with Crippen LogP contribution in [0.3, 0.4) is 0 Å². The Hall–Kier alpha value is -3.11. The first-order valence-corrected chi connectivity index (χ1v) is 9.17.